The van der Waals surface area contributed by atoms with Gasteiger partial charge in [-0.15, -0.1) is 11.3 Å². The third-order valence-corrected chi connectivity index (χ3v) is 4.39. The smallest absolute Gasteiger partial charge is 0.263 e. The van der Waals surface area contributed by atoms with Gasteiger partial charge in [0.1, 0.15) is 17.0 Å². The van der Waals surface area contributed by atoms with Gasteiger partial charge in [-0.25, -0.2) is 4.98 Å². The monoisotopic (exact) mass is 341 g/mol. The normalized spacial score (nSPS) is 11.5. The number of hydrogen-bond donors (Lipinski definition) is 1. The van der Waals surface area contributed by atoms with E-state index in [2.05, 4.69) is 36.2 Å². The van der Waals surface area contributed by atoms with Gasteiger partial charge in [0.2, 0.25) is 0 Å². The van der Waals surface area contributed by atoms with Crippen molar-refractivity contribution in [1.29, 1.82) is 0 Å². The lowest BCUT2D eigenvalue weighted by Gasteiger charge is -2.14. The van der Waals surface area contributed by atoms with Gasteiger partial charge >= 0.3 is 0 Å². The number of anilines is 1. The Kier molecular flexibility index (Phi) is 4.24. The summed E-state index contributed by atoms with van der Waals surface area (Å²) in [5.41, 5.74) is 2.72. The number of hydrogen-bond acceptors (Lipinski definition) is 5. The summed E-state index contributed by atoms with van der Waals surface area (Å²) in [4.78, 5) is 17.2. The molecule has 24 heavy (non-hydrogen) atoms. The lowest BCUT2D eigenvalue weighted by Crippen LogP contribution is -2.15. The molecule has 124 valence electrons. The molecule has 0 saturated carbocycles. The molecule has 3 rings (SSSR count). The molecule has 0 fully saturated rings. The number of amides is 1. The first kappa shape index (κ1) is 16.4. The van der Waals surface area contributed by atoms with Crippen LogP contribution in [0.1, 0.15) is 42.6 Å². The molecule has 0 atom stereocenters. The molecular weight excluding hydrogens is 322 g/mol. The predicted octanol–water partition coefficient (Wildman–Crippen LogP) is 4.66. The number of aryl methyl sites for hydroxylation is 1. The van der Waals surface area contributed by atoms with Gasteiger partial charge in [0, 0.05) is 16.4 Å². The highest BCUT2D eigenvalue weighted by molar-refractivity contribution is 7.14. The molecule has 6 heteroatoms. The summed E-state index contributed by atoms with van der Waals surface area (Å²) in [5.74, 6) is 0.223. The summed E-state index contributed by atoms with van der Waals surface area (Å²) in [5, 5.41) is 9.44. The molecule has 0 saturated heterocycles. The third-order valence-electron chi connectivity index (χ3n) is 3.63. The SMILES string of the molecule is Cc1onc(-c2ccccc2)c1C(=O)Nc1nc(C(C)(C)C)cs1. The maximum Gasteiger partial charge on any atom is 0.263 e. The largest absolute Gasteiger partial charge is 0.360 e. The fourth-order valence-corrected chi connectivity index (χ4v) is 3.20. The number of nitrogens with one attached hydrogen (secondary N) is 1. The Morgan fingerprint density at radius 1 is 1.21 bits per heavy atom. The molecule has 0 unspecified atom stereocenters. The molecule has 1 amide bonds. The fourth-order valence-electron chi connectivity index (χ4n) is 2.27. The second-order valence-electron chi connectivity index (χ2n) is 6.57. The minimum Gasteiger partial charge on any atom is -0.360 e. The Balaban J connectivity index is 1.89. The molecule has 0 spiro atoms. The fraction of sp³-hybridized carbons (Fsp3) is 0.278. The van der Waals surface area contributed by atoms with Crippen molar-refractivity contribution in [1.82, 2.24) is 10.1 Å². The van der Waals surface area contributed by atoms with E-state index >= 15 is 0 Å². The number of nitrogens with zero attached hydrogens (tertiary/aromatic N) is 2. The summed E-state index contributed by atoms with van der Waals surface area (Å²) in [6.07, 6.45) is 0. The zero-order valence-electron chi connectivity index (χ0n) is 14.1. The van der Waals surface area contributed by atoms with Crippen molar-refractivity contribution in [3.05, 3.63) is 52.7 Å². The Morgan fingerprint density at radius 2 is 1.92 bits per heavy atom. The van der Waals surface area contributed by atoms with Crippen LogP contribution in [0, 0.1) is 6.92 Å². The first-order valence-electron chi connectivity index (χ1n) is 7.65. The van der Waals surface area contributed by atoms with E-state index in [1.165, 1.54) is 11.3 Å². The molecule has 2 aromatic heterocycles. The van der Waals surface area contributed by atoms with Gasteiger partial charge < -0.3 is 4.52 Å². The molecule has 2 heterocycles. The molecule has 0 bridgehead atoms. The quantitative estimate of drug-likeness (QED) is 0.752. The average Bonchev–Trinajstić information content (AvgIpc) is 3.14. The van der Waals surface area contributed by atoms with Crippen LogP contribution in [0.3, 0.4) is 0 Å². The van der Waals surface area contributed by atoms with E-state index in [1.807, 2.05) is 35.7 Å². The van der Waals surface area contributed by atoms with Gasteiger partial charge in [-0.2, -0.15) is 0 Å². The van der Waals surface area contributed by atoms with E-state index < -0.39 is 0 Å². The van der Waals surface area contributed by atoms with Crippen LogP contribution in [0.4, 0.5) is 5.13 Å². The minimum atomic E-state index is -0.262. The summed E-state index contributed by atoms with van der Waals surface area (Å²) in [6, 6.07) is 9.51. The number of aromatic nitrogens is 2. The topological polar surface area (TPSA) is 68.0 Å². The number of rotatable bonds is 3. The van der Waals surface area contributed by atoms with Crippen molar-refractivity contribution in [2.45, 2.75) is 33.1 Å². The Bertz CT molecular complexity index is 860. The zero-order valence-corrected chi connectivity index (χ0v) is 14.9. The van der Waals surface area contributed by atoms with Crippen LogP contribution in [0.2, 0.25) is 0 Å². The van der Waals surface area contributed by atoms with E-state index in [-0.39, 0.29) is 11.3 Å². The van der Waals surface area contributed by atoms with Gasteiger partial charge in [0.05, 0.1) is 5.69 Å². The Morgan fingerprint density at radius 3 is 2.54 bits per heavy atom. The van der Waals surface area contributed by atoms with Crippen molar-refractivity contribution in [2.75, 3.05) is 5.32 Å². The second kappa shape index (κ2) is 6.20. The van der Waals surface area contributed by atoms with Crippen LogP contribution in [0.5, 0.6) is 0 Å². The molecule has 1 aromatic carbocycles. The zero-order chi connectivity index (χ0) is 17.3. The second-order valence-corrected chi connectivity index (χ2v) is 7.43. The van der Waals surface area contributed by atoms with E-state index in [0.29, 0.717) is 22.1 Å². The van der Waals surface area contributed by atoms with Crippen LogP contribution in [-0.2, 0) is 5.41 Å². The first-order valence-corrected chi connectivity index (χ1v) is 8.53. The number of carbonyl (C=O) groups excluding carboxylic acids is 1. The third kappa shape index (κ3) is 3.23. The highest BCUT2D eigenvalue weighted by atomic mass is 32.1. The molecule has 3 aromatic rings. The van der Waals surface area contributed by atoms with Crippen molar-refractivity contribution in [3.8, 4) is 11.3 Å². The van der Waals surface area contributed by atoms with Crippen molar-refractivity contribution in [2.24, 2.45) is 0 Å². The number of carbonyl (C=O) groups is 1. The summed E-state index contributed by atoms with van der Waals surface area (Å²) in [6.45, 7) is 8.00. The number of thiazole rings is 1. The molecule has 0 aliphatic carbocycles. The summed E-state index contributed by atoms with van der Waals surface area (Å²) >= 11 is 1.42. The van der Waals surface area contributed by atoms with E-state index in [1.54, 1.807) is 6.92 Å². The molecule has 5 nitrogen and oxygen atoms in total. The van der Waals surface area contributed by atoms with Gasteiger partial charge in [0.15, 0.2) is 5.13 Å². The highest BCUT2D eigenvalue weighted by Gasteiger charge is 2.23. The van der Waals surface area contributed by atoms with Crippen LogP contribution in [0.15, 0.2) is 40.2 Å². The van der Waals surface area contributed by atoms with E-state index in [9.17, 15) is 4.79 Å². The Hall–Kier alpha value is -2.47. The molecule has 0 aliphatic heterocycles. The van der Waals surface area contributed by atoms with Crippen LogP contribution in [-0.4, -0.2) is 16.0 Å². The van der Waals surface area contributed by atoms with E-state index in [0.717, 1.165) is 11.3 Å². The molecular formula is C18H19N3O2S. The van der Waals surface area contributed by atoms with Crippen molar-refractivity contribution >= 4 is 22.4 Å². The van der Waals surface area contributed by atoms with Gasteiger partial charge in [-0.1, -0.05) is 56.3 Å². The highest BCUT2D eigenvalue weighted by Crippen LogP contribution is 2.29. The summed E-state index contributed by atoms with van der Waals surface area (Å²) < 4.78 is 5.24. The van der Waals surface area contributed by atoms with Gasteiger partial charge in [0.25, 0.3) is 5.91 Å². The van der Waals surface area contributed by atoms with E-state index in [4.69, 9.17) is 4.52 Å². The number of benzene rings is 1. The lowest BCUT2D eigenvalue weighted by molar-refractivity contribution is 0.102. The Labute approximate surface area is 144 Å². The first-order chi connectivity index (χ1) is 11.4. The maximum atomic E-state index is 12.7. The van der Waals surface area contributed by atoms with Crippen molar-refractivity contribution in [3.63, 3.8) is 0 Å². The molecule has 0 radical (unpaired) electrons. The van der Waals surface area contributed by atoms with Crippen LogP contribution >= 0.6 is 11.3 Å². The average molecular weight is 341 g/mol. The van der Waals surface area contributed by atoms with Gasteiger partial charge in [-0.3, -0.25) is 10.1 Å². The van der Waals surface area contributed by atoms with Crippen LogP contribution in [0.25, 0.3) is 11.3 Å². The maximum absolute atomic E-state index is 12.7. The summed E-state index contributed by atoms with van der Waals surface area (Å²) in [7, 11) is 0. The minimum absolute atomic E-state index is 0.0538. The van der Waals surface area contributed by atoms with Gasteiger partial charge in [-0.05, 0) is 6.92 Å². The standard InChI is InChI=1S/C18H19N3O2S/c1-11-14(15(21-23-11)12-8-6-5-7-9-12)16(22)20-17-19-13(10-24-17)18(2,3)4/h5-10H,1-4H3,(H,19,20,22). The molecule has 1 N–H and O–H groups in total. The molecule has 0 aliphatic rings. The lowest BCUT2D eigenvalue weighted by atomic mass is 9.93. The predicted molar refractivity (Wildman–Crippen MR) is 95.4 cm³/mol. The van der Waals surface area contributed by atoms with Crippen molar-refractivity contribution < 1.29 is 9.32 Å². The van der Waals surface area contributed by atoms with Crippen LogP contribution < -0.4 is 5.32 Å².